The summed E-state index contributed by atoms with van der Waals surface area (Å²) < 4.78 is 32.7. The molecule has 6 nitrogen and oxygen atoms in total. The van der Waals surface area contributed by atoms with Gasteiger partial charge in [0.15, 0.2) is 0 Å². The summed E-state index contributed by atoms with van der Waals surface area (Å²) in [6, 6.07) is 16.8. The second kappa shape index (κ2) is 10.4. The number of benzene rings is 3. The molecule has 0 fully saturated rings. The summed E-state index contributed by atoms with van der Waals surface area (Å²) in [6.07, 6.45) is 1.34. The Morgan fingerprint density at radius 1 is 0.968 bits per heavy atom. The standard InChI is InChI=1S/C22H16BrF2N3O3/c23-16-5-10-20(19(25)11-16)27-21(29)22(30)28-26-12-14-3-8-18(9-4-14)31-13-15-1-6-17(24)7-2-15/h1-12H,13H2,(H,27,29)(H,28,30)/b26-12+. The number of hydrogen-bond donors (Lipinski definition) is 2. The monoisotopic (exact) mass is 487 g/mol. The molecule has 0 aliphatic heterocycles. The van der Waals surface area contributed by atoms with Crippen molar-refractivity contribution in [1.29, 1.82) is 0 Å². The number of carbonyl (C=O) groups excluding carboxylic acids is 2. The van der Waals surface area contributed by atoms with Crippen molar-refractivity contribution >= 4 is 39.6 Å². The largest absolute Gasteiger partial charge is 0.489 e. The van der Waals surface area contributed by atoms with Crippen LogP contribution >= 0.6 is 15.9 Å². The SMILES string of the molecule is O=C(N/N=C/c1ccc(OCc2ccc(F)cc2)cc1)C(=O)Nc1ccc(Br)cc1F. The van der Waals surface area contributed by atoms with Crippen LogP contribution in [0.4, 0.5) is 14.5 Å². The lowest BCUT2D eigenvalue weighted by atomic mass is 10.2. The molecule has 0 saturated carbocycles. The van der Waals surface area contributed by atoms with Gasteiger partial charge in [-0.05, 0) is 65.7 Å². The highest BCUT2D eigenvalue weighted by Gasteiger charge is 2.15. The van der Waals surface area contributed by atoms with Gasteiger partial charge in [0.25, 0.3) is 0 Å². The van der Waals surface area contributed by atoms with Crippen LogP contribution < -0.4 is 15.5 Å². The fraction of sp³-hybridized carbons (Fsp3) is 0.0455. The molecule has 0 atom stereocenters. The van der Waals surface area contributed by atoms with Crippen LogP contribution in [0.5, 0.6) is 5.75 Å². The Morgan fingerprint density at radius 3 is 2.35 bits per heavy atom. The Labute approximate surface area is 185 Å². The summed E-state index contributed by atoms with van der Waals surface area (Å²) in [6.45, 7) is 0.290. The Morgan fingerprint density at radius 2 is 1.68 bits per heavy atom. The van der Waals surface area contributed by atoms with Gasteiger partial charge in [-0.1, -0.05) is 28.1 Å². The minimum atomic E-state index is -1.05. The van der Waals surface area contributed by atoms with Gasteiger partial charge in [-0.15, -0.1) is 0 Å². The second-order valence-electron chi connectivity index (χ2n) is 6.26. The molecule has 9 heteroatoms. The third kappa shape index (κ3) is 6.71. The molecule has 0 aliphatic carbocycles. The summed E-state index contributed by atoms with van der Waals surface area (Å²) in [5.74, 6) is -2.49. The Balaban J connectivity index is 1.48. The maximum Gasteiger partial charge on any atom is 0.329 e. The second-order valence-corrected chi connectivity index (χ2v) is 7.18. The lowest BCUT2D eigenvalue weighted by molar-refractivity contribution is -0.136. The zero-order chi connectivity index (χ0) is 22.2. The smallest absolute Gasteiger partial charge is 0.329 e. The van der Waals surface area contributed by atoms with E-state index in [0.717, 1.165) is 5.56 Å². The Kier molecular flexibility index (Phi) is 7.45. The molecule has 0 aliphatic rings. The van der Waals surface area contributed by atoms with Gasteiger partial charge in [0.05, 0.1) is 11.9 Å². The van der Waals surface area contributed by atoms with E-state index in [2.05, 4.69) is 31.8 Å². The van der Waals surface area contributed by atoms with Crippen molar-refractivity contribution in [2.75, 3.05) is 5.32 Å². The minimum absolute atomic E-state index is 0.122. The molecule has 2 N–H and O–H groups in total. The average Bonchev–Trinajstić information content (AvgIpc) is 2.76. The van der Waals surface area contributed by atoms with E-state index >= 15 is 0 Å². The highest BCUT2D eigenvalue weighted by atomic mass is 79.9. The topological polar surface area (TPSA) is 79.8 Å². The first kappa shape index (κ1) is 22.1. The minimum Gasteiger partial charge on any atom is -0.489 e. The van der Waals surface area contributed by atoms with Crippen molar-refractivity contribution in [3.63, 3.8) is 0 Å². The first-order valence-electron chi connectivity index (χ1n) is 8.97. The van der Waals surface area contributed by atoms with Crippen molar-refractivity contribution in [1.82, 2.24) is 5.43 Å². The van der Waals surface area contributed by atoms with Crippen molar-refractivity contribution < 1.29 is 23.1 Å². The van der Waals surface area contributed by atoms with E-state index in [4.69, 9.17) is 4.74 Å². The number of amides is 2. The number of halogens is 3. The number of nitrogens with one attached hydrogen (secondary N) is 2. The van der Waals surface area contributed by atoms with E-state index in [1.807, 2.05) is 0 Å². The molecule has 0 heterocycles. The van der Waals surface area contributed by atoms with Gasteiger partial charge in [-0.25, -0.2) is 14.2 Å². The van der Waals surface area contributed by atoms with E-state index in [0.29, 0.717) is 15.8 Å². The van der Waals surface area contributed by atoms with Crippen LogP contribution in [0.15, 0.2) is 76.3 Å². The fourth-order valence-corrected chi connectivity index (χ4v) is 2.72. The molecular formula is C22H16BrF2N3O3. The molecule has 0 unspecified atom stereocenters. The van der Waals surface area contributed by atoms with Crippen molar-refractivity contribution in [3.05, 3.63) is 94.0 Å². The normalized spacial score (nSPS) is 10.7. The zero-order valence-corrected chi connectivity index (χ0v) is 17.5. The number of anilines is 1. The average molecular weight is 488 g/mol. The molecule has 3 rings (SSSR count). The Hall–Kier alpha value is -3.59. The number of rotatable bonds is 6. The van der Waals surface area contributed by atoms with E-state index < -0.39 is 17.6 Å². The summed E-state index contributed by atoms with van der Waals surface area (Å²) in [7, 11) is 0. The van der Waals surface area contributed by atoms with Gasteiger partial charge in [0.1, 0.15) is 24.0 Å². The molecule has 3 aromatic carbocycles. The van der Waals surface area contributed by atoms with Gasteiger partial charge in [0, 0.05) is 4.47 Å². The van der Waals surface area contributed by atoms with Gasteiger partial charge in [-0.3, -0.25) is 9.59 Å². The first-order valence-corrected chi connectivity index (χ1v) is 9.77. The first-order chi connectivity index (χ1) is 14.9. The van der Waals surface area contributed by atoms with Gasteiger partial charge in [0.2, 0.25) is 0 Å². The lowest BCUT2D eigenvalue weighted by Crippen LogP contribution is -2.32. The molecular weight excluding hydrogens is 472 g/mol. The lowest BCUT2D eigenvalue weighted by Gasteiger charge is -2.06. The summed E-state index contributed by atoms with van der Waals surface area (Å²) >= 11 is 3.10. The number of hydrogen-bond acceptors (Lipinski definition) is 4. The fourth-order valence-electron chi connectivity index (χ4n) is 2.38. The molecule has 0 spiro atoms. The van der Waals surface area contributed by atoms with Gasteiger partial charge < -0.3 is 10.1 Å². The van der Waals surface area contributed by atoms with E-state index in [1.165, 1.54) is 36.5 Å². The number of carbonyl (C=O) groups is 2. The van der Waals surface area contributed by atoms with Crippen molar-refractivity contribution in [2.45, 2.75) is 6.61 Å². The summed E-state index contributed by atoms with van der Waals surface area (Å²) in [5, 5.41) is 5.88. The molecule has 3 aromatic rings. The molecule has 0 radical (unpaired) electrons. The van der Waals surface area contributed by atoms with Crippen LogP contribution in [0.2, 0.25) is 0 Å². The number of ether oxygens (including phenoxy) is 1. The highest BCUT2D eigenvalue weighted by Crippen LogP contribution is 2.19. The zero-order valence-electron chi connectivity index (χ0n) is 15.9. The quantitative estimate of drug-likeness (QED) is 0.307. The third-order valence-electron chi connectivity index (χ3n) is 3.96. The van der Waals surface area contributed by atoms with Crippen LogP contribution in [0.3, 0.4) is 0 Å². The van der Waals surface area contributed by atoms with Crippen LogP contribution in [-0.2, 0) is 16.2 Å². The molecule has 0 aromatic heterocycles. The maximum atomic E-state index is 13.7. The molecule has 0 bridgehead atoms. The van der Waals surface area contributed by atoms with E-state index in [1.54, 1.807) is 36.4 Å². The molecule has 31 heavy (non-hydrogen) atoms. The number of hydrazone groups is 1. The van der Waals surface area contributed by atoms with Gasteiger partial charge >= 0.3 is 11.8 Å². The maximum absolute atomic E-state index is 13.7. The van der Waals surface area contributed by atoms with Crippen LogP contribution in [0.25, 0.3) is 0 Å². The van der Waals surface area contributed by atoms with E-state index in [-0.39, 0.29) is 18.1 Å². The van der Waals surface area contributed by atoms with E-state index in [9.17, 15) is 18.4 Å². The van der Waals surface area contributed by atoms with Gasteiger partial charge in [-0.2, -0.15) is 5.10 Å². The summed E-state index contributed by atoms with van der Waals surface area (Å²) in [4.78, 5) is 23.6. The van der Waals surface area contributed by atoms with Crippen LogP contribution in [0, 0.1) is 11.6 Å². The molecule has 158 valence electrons. The molecule has 0 saturated heterocycles. The van der Waals surface area contributed by atoms with Crippen molar-refractivity contribution in [3.8, 4) is 5.75 Å². The molecule has 2 amide bonds. The summed E-state index contributed by atoms with van der Waals surface area (Å²) in [5.41, 5.74) is 3.43. The van der Waals surface area contributed by atoms with Crippen molar-refractivity contribution in [2.24, 2.45) is 5.10 Å². The number of nitrogens with zero attached hydrogens (tertiary/aromatic N) is 1. The van der Waals surface area contributed by atoms with Crippen LogP contribution in [-0.4, -0.2) is 18.0 Å². The highest BCUT2D eigenvalue weighted by molar-refractivity contribution is 9.10. The Bertz CT molecular complexity index is 1100. The van der Waals surface area contributed by atoms with Crippen LogP contribution in [0.1, 0.15) is 11.1 Å². The third-order valence-corrected chi connectivity index (χ3v) is 4.46. The predicted molar refractivity (Wildman–Crippen MR) is 116 cm³/mol. The predicted octanol–water partition coefficient (Wildman–Crippen LogP) is 4.40.